The van der Waals surface area contributed by atoms with Gasteiger partial charge in [-0.25, -0.2) is 10.2 Å². The summed E-state index contributed by atoms with van der Waals surface area (Å²) in [5.74, 6) is -0.0863. The second-order valence-electron chi connectivity index (χ2n) is 8.06. The van der Waals surface area contributed by atoms with E-state index in [-0.39, 0.29) is 17.9 Å². The normalized spacial score (nSPS) is 10.5. The number of ether oxygens (including phenoxy) is 5. The van der Waals surface area contributed by atoms with E-state index in [1.165, 1.54) is 46.8 Å². The third-order valence-corrected chi connectivity index (χ3v) is 5.42. The average Bonchev–Trinajstić information content (AvgIpc) is 2.95. The topological polar surface area (TPSA) is 134 Å². The fraction of sp³-hybridized carbons (Fsp3) is 0.214. The Balaban J connectivity index is 1.56. The summed E-state index contributed by atoms with van der Waals surface area (Å²) < 4.78 is 26.5. The minimum absolute atomic E-state index is 0.219. The molecule has 0 spiro atoms. The van der Waals surface area contributed by atoms with Crippen molar-refractivity contribution in [2.75, 3.05) is 35.0 Å². The number of hydrogen-bond donors (Lipinski definition) is 2. The molecule has 2 N–H and O–H groups in total. The van der Waals surface area contributed by atoms with Gasteiger partial charge in [0.25, 0.3) is 11.8 Å². The summed E-state index contributed by atoms with van der Waals surface area (Å²) in [7, 11) is 5.77. The molecule has 11 heteroatoms. The van der Waals surface area contributed by atoms with Crippen LogP contribution in [0, 0.1) is 6.92 Å². The number of benzene rings is 3. The second-order valence-corrected chi connectivity index (χ2v) is 8.06. The van der Waals surface area contributed by atoms with Crippen LogP contribution < -0.4 is 34.4 Å². The number of hydrogen-bond acceptors (Lipinski definition) is 9. The summed E-state index contributed by atoms with van der Waals surface area (Å²) in [6, 6.07) is 14.8. The van der Waals surface area contributed by atoms with E-state index in [1.54, 1.807) is 30.3 Å². The number of methoxy groups -OCH3 is 4. The van der Waals surface area contributed by atoms with Gasteiger partial charge in [0.15, 0.2) is 23.0 Å². The number of amides is 2. The fourth-order valence-electron chi connectivity index (χ4n) is 3.39. The van der Waals surface area contributed by atoms with Crippen LogP contribution in [0.25, 0.3) is 0 Å². The van der Waals surface area contributed by atoms with Crippen molar-refractivity contribution in [3.05, 3.63) is 76.9 Å². The first-order valence-corrected chi connectivity index (χ1v) is 11.7. The summed E-state index contributed by atoms with van der Waals surface area (Å²) >= 11 is 0. The Morgan fingerprint density at radius 2 is 1.41 bits per heavy atom. The lowest BCUT2D eigenvalue weighted by Gasteiger charge is -2.14. The zero-order valence-corrected chi connectivity index (χ0v) is 22.2. The van der Waals surface area contributed by atoms with Crippen molar-refractivity contribution in [3.63, 3.8) is 0 Å². The zero-order valence-electron chi connectivity index (χ0n) is 22.2. The molecule has 11 nitrogen and oxygen atoms in total. The molecule has 0 atom stereocenters. The highest BCUT2D eigenvalue weighted by Crippen LogP contribution is 2.38. The molecule has 0 aromatic heterocycles. The summed E-state index contributed by atoms with van der Waals surface area (Å²) in [6.07, 6.45) is 1.38. The van der Waals surface area contributed by atoms with Crippen molar-refractivity contribution in [2.45, 2.75) is 6.92 Å². The molecule has 0 aliphatic carbocycles. The van der Waals surface area contributed by atoms with E-state index in [9.17, 15) is 14.4 Å². The summed E-state index contributed by atoms with van der Waals surface area (Å²) in [6.45, 7) is 1.60. The second kappa shape index (κ2) is 13.5. The van der Waals surface area contributed by atoms with Gasteiger partial charge in [0.05, 0.1) is 46.8 Å². The monoisotopic (exact) mass is 535 g/mol. The number of carbonyl (C=O) groups is 3. The van der Waals surface area contributed by atoms with E-state index in [0.717, 1.165) is 5.56 Å². The quantitative estimate of drug-likeness (QED) is 0.166. The van der Waals surface area contributed by atoms with E-state index >= 15 is 0 Å². The molecule has 0 unspecified atom stereocenters. The van der Waals surface area contributed by atoms with E-state index in [0.29, 0.717) is 34.1 Å². The zero-order chi connectivity index (χ0) is 28.4. The molecule has 3 aromatic rings. The van der Waals surface area contributed by atoms with Crippen LogP contribution in [0.4, 0.5) is 0 Å². The Hall–Kier alpha value is -5.06. The largest absolute Gasteiger partial charge is 0.493 e. The highest BCUT2D eigenvalue weighted by Gasteiger charge is 2.17. The van der Waals surface area contributed by atoms with Crippen LogP contribution in [-0.2, 0) is 4.79 Å². The molecule has 0 fully saturated rings. The lowest BCUT2D eigenvalue weighted by atomic mass is 10.1. The van der Waals surface area contributed by atoms with Crippen LogP contribution >= 0.6 is 0 Å². The highest BCUT2D eigenvalue weighted by atomic mass is 16.6. The van der Waals surface area contributed by atoms with Gasteiger partial charge in [-0.2, -0.15) is 5.10 Å². The summed E-state index contributed by atoms with van der Waals surface area (Å²) in [4.78, 5) is 37.1. The molecule has 204 valence electrons. The number of hydrazone groups is 1. The number of esters is 1. The van der Waals surface area contributed by atoms with Gasteiger partial charge in [-0.1, -0.05) is 17.7 Å². The van der Waals surface area contributed by atoms with Gasteiger partial charge in [-0.3, -0.25) is 9.59 Å². The maximum Gasteiger partial charge on any atom is 0.343 e. The van der Waals surface area contributed by atoms with Gasteiger partial charge >= 0.3 is 5.97 Å². The Morgan fingerprint density at radius 1 is 0.769 bits per heavy atom. The molecular weight excluding hydrogens is 506 g/mol. The standard InChI is InChI=1S/C28H29N3O8/c1-17-6-9-19(10-7-17)28(34)39-21-11-8-18(12-22(21)35-2)15-30-31-25(32)16-29-27(33)20-13-23(36-3)26(38-5)24(14-20)37-4/h6-15H,16H2,1-5H3,(H,29,33)(H,31,32). The minimum Gasteiger partial charge on any atom is -0.493 e. The van der Waals surface area contributed by atoms with Crippen molar-refractivity contribution >= 4 is 24.0 Å². The molecule has 0 aliphatic heterocycles. The molecular formula is C28H29N3O8. The smallest absolute Gasteiger partial charge is 0.343 e. The Morgan fingerprint density at radius 3 is 2.00 bits per heavy atom. The first kappa shape index (κ1) is 28.5. The molecule has 39 heavy (non-hydrogen) atoms. The van der Waals surface area contributed by atoms with E-state index in [4.69, 9.17) is 23.7 Å². The van der Waals surface area contributed by atoms with Gasteiger partial charge < -0.3 is 29.0 Å². The van der Waals surface area contributed by atoms with E-state index < -0.39 is 17.8 Å². The first-order chi connectivity index (χ1) is 18.8. The van der Waals surface area contributed by atoms with Gasteiger partial charge in [0.2, 0.25) is 5.75 Å². The predicted octanol–water partition coefficient (Wildman–Crippen LogP) is 3.13. The van der Waals surface area contributed by atoms with Crippen LogP contribution in [0.15, 0.2) is 59.7 Å². The number of nitrogens with one attached hydrogen (secondary N) is 2. The SMILES string of the molecule is COc1cc(C=NNC(=O)CNC(=O)c2cc(OC)c(OC)c(OC)c2)ccc1OC(=O)c1ccc(C)cc1. The first-order valence-electron chi connectivity index (χ1n) is 11.7. The molecule has 0 aliphatic rings. The van der Waals surface area contributed by atoms with Crippen molar-refractivity contribution in [2.24, 2.45) is 5.10 Å². The summed E-state index contributed by atoms with van der Waals surface area (Å²) in [5.41, 5.74) is 4.56. The van der Waals surface area contributed by atoms with Gasteiger partial charge in [-0.05, 0) is 55.0 Å². The van der Waals surface area contributed by atoms with Crippen molar-refractivity contribution in [1.29, 1.82) is 0 Å². The number of rotatable bonds is 11. The molecule has 0 saturated carbocycles. The third kappa shape index (κ3) is 7.48. The molecule has 3 rings (SSSR count). The summed E-state index contributed by atoms with van der Waals surface area (Å²) in [5, 5.41) is 6.40. The van der Waals surface area contributed by atoms with Gasteiger partial charge in [-0.15, -0.1) is 0 Å². The molecule has 0 saturated heterocycles. The Bertz CT molecular complexity index is 1340. The average molecular weight is 536 g/mol. The van der Waals surface area contributed by atoms with Crippen molar-refractivity contribution in [1.82, 2.24) is 10.7 Å². The van der Waals surface area contributed by atoms with Gasteiger partial charge in [0, 0.05) is 5.56 Å². The molecule has 0 radical (unpaired) electrons. The molecule has 0 bridgehead atoms. The van der Waals surface area contributed by atoms with E-state index in [2.05, 4.69) is 15.8 Å². The minimum atomic E-state index is -0.553. The van der Waals surface area contributed by atoms with Gasteiger partial charge in [0.1, 0.15) is 0 Å². The Kier molecular flexibility index (Phi) is 9.85. The molecule has 2 amide bonds. The van der Waals surface area contributed by atoms with Crippen LogP contribution in [0.1, 0.15) is 31.8 Å². The van der Waals surface area contributed by atoms with Crippen LogP contribution in [0.5, 0.6) is 28.7 Å². The van der Waals surface area contributed by atoms with Crippen LogP contribution in [-0.4, -0.2) is 59.0 Å². The molecule has 3 aromatic carbocycles. The van der Waals surface area contributed by atoms with Crippen molar-refractivity contribution < 1.29 is 38.1 Å². The van der Waals surface area contributed by atoms with Crippen LogP contribution in [0.2, 0.25) is 0 Å². The number of aryl methyl sites for hydroxylation is 1. The maximum atomic E-state index is 12.5. The predicted molar refractivity (Wildman–Crippen MR) is 143 cm³/mol. The lowest BCUT2D eigenvalue weighted by molar-refractivity contribution is -0.120. The van der Waals surface area contributed by atoms with Crippen LogP contribution in [0.3, 0.4) is 0 Å². The number of nitrogens with zero attached hydrogens (tertiary/aromatic N) is 1. The maximum absolute atomic E-state index is 12.5. The lowest BCUT2D eigenvalue weighted by Crippen LogP contribution is -2.34. The van der Waals surface area contributed by atoms with Crippen molar-refractivity contribution in [3.8, 4) is 28.7 Å². The third-order valence-electron chi connectivity index (χ3n) is 5.42. The highest BCUT2D eigenvalue weighted by molar-refractivity contribution is 5.97. The molecule has 0 heterocycles. The number of carbonyl (C=O) groups excluding carboxylic acids is 3. The van der Waals surface area contributed by atoms with E-state index in [1.807, 2.05) is 19.1 Å². The Labute approximate surface area is 225 Å². The fourth-order valence-corrected chi connectivity index (χ4v) is 3.39.